The van der Waals surface area contributed by atoms with Gasteiger partial charge in [-0.15, -0.1) is 11.3 Å². The summed E-state index contributed by atoms with van der Waals surface area (Å²) in [5, 5.41) is 7.13. The lowest BCUT2D eigenvalue weighted by Gasteiger charge is -2.26. The van der Waals surface area contributed by atoms with Gasteiger partial charge >= 0.3 is 0 Å². The number of fused-ring (bicyclic) bond motifs is 7. The lowest BCUT2D eigenvalue weighted by atomic mass is 9.93. The van der Waals surface area contributed by atoms with Gasteiger partial charge in [0.05, 0.1) is 11.1 Å². The van der Waals surface area contributed by atoms with E-state index in [1.54, 1.807) is 0 Å². The van der Waals surface area contributed by atoms with Crippen LogP contribution in [0, 0.1) is 0 Å². The lowest BCUT2D eigenvalue weighted by Crippen LogP contribution is -2.10. The molecule has 0 atom stereocenters. The number of nitrogens with zero attached hydrogens (tertiary/aromatic N) is 1. The molecular formula is C58H37NOS. The van der Waals surface area contributed by atoms with Crippen LogP contribution in [0.4, 0.5) is 17.1 Å². The van der Waals surface area contributed by atoms with E-state index in [-0.39, 0.29) is 0 Å². The lowest BCUT2D eigenvalue weighted by molar-refractivity contribution is 0.670. The third kappa shape index (κ3) is 6.01. The molecule has 0 aliphatic heterocycles. The number of rotatable bonds is 7. The largest absolute Gasteiger partial charge is 0.455 e. The highest BCUT2D eigenvalue weighted by atomic mass is 32.1. The maximum atomic E-state index is 7.02. The van der Waals surface area contributed by atoms with Gasteiger partial charge in [-0.05, 0) is 98.2 Å². The van der Waals surface area contributed by atoms with Crippen LogP contribution in [0.1, 0.15) is 0 Å². The molecule has 61 heavy (non-hydrogen) atoms. The molecule has 3 heteroatoms. The summed E-state index contributed by atoms with van der Waals surface area (Å²) in [7, 11) is 0. The van der Waals surface area contributed by atoms with Gasteiger partial charge in [-0.1, -0.05) is 176 Å². The van der Waals surface area contributed by atoms with E-state index in [0.29, 0.717) is 0 Å². The molecule has 0 N–H and O–H groups in total. The Kier molecular flexibility index (Phi) is 8.39. The molecule has 2 nitrogen and oxygen atoms in total. The van der Waals surface area contributed by atoms with Crippen molar-refractivity contribution in [3.05, 3.63) is 224 Å². The maximum Gasteiger partial charge on any atom is 0.143 e. The first-order valence-corrected chi connectivity index (χ1v) is 21.6. The fourth-order valence-corrected chi connectivity index (χ4v) is 10.4. The number of furan rings is 1. The molecule has 2 aromatic heterocycles. The van der Waals surface area contributed by atoms with Crippen LogP contribution in [0.2, 0.25) is 0 Å². The third-order valence-electron chi connectivity index (χ3n) is 12.1. The van der Waals surface area contributed by atoms with Crippen LogP contribution in [0.15, 0.2) is 229 Å². The van der Waals surface area contributed by atoms with E-state index in [1.165, 1.54) is 64.3 Å². The average molecular weight is 796 g/mol. The molecule has 0 saturated carbocycles. The van der Waals surface area contributed by atoms with Gasteiger partial charge in [-0.3, -0.25) is 0 Å². The Labute approximate surface area is 357 Å². The zero-order valence-electron chi connectivity index (χ0n) is 33.1. The van der Waals surface area contributed by atoms with E-state index in [2.05, 4.69) is 229 Å². The minimum absolute atomic E-state index is 0.851. The van der Waals surface area contributed by atoms with Gasteiger partial charge in [0.25, 0.3) is 0 Å². The summed E-state index contributed by atoms with van der Waals surface area (Å²) < 4.78 is 9.65. The van der Waals surface area contributed by atoms with E-state index in [4.69, 9.17) is 4.42 Å². The molecule has 10 aromatic carbocycles. The molecule has 12 aromatic rings. The summed E-state index contributed by atoms with van der Waals surface area (Å²) in [6.45, 7) is 0. The minimum atomic E-state index is 0.851. The summed E-state index contributed by atoms with van der Waals surface area (Å²) in [6.07, 6.45) is 0. The van der Waals surface area contributed by atoms with Crippen molar-refractivity contribution in [1.82, 2.24) is 0 Å². The van der Waals surface area contributed by atoms with Crippen molar-refractivity contribution in [3.8, 4) is 44.5 Å². The van der Waals surface area contributed by atoms with Gasteiger partial charge in [0.1, 0.15) is 11.2 Å². The second-order valence-corrected chi connectivity index (χ2v) is 16.7. The first kappa shape index (κ1) is 35.2. The second-order valence-electron chi connectivity index (χ2n) is 15.6. The van der Waals surface area contributed by atoms with Gasteiger partial charge in [0.2, 0.25) is 0 Å². The molecule has 0 amide bonds. The van der Waals surface area contributed by atoms with Gasteiger partial charge < -0.3 is 9.32 Å². The predicted octanol–water partition coefficient (Wildman–Crippen LogP) is 17.2. The number of anilines is 3. The standard InChI is InChI=1S/C58H37NOS/c1-3-13-38(14-4-1)40-25-27-43(28-26-40)55-47-18-8-7-17-44(47)37-51-56-52(22-12-23-53(56)60-57(51)55)59(45-33-29-41(30-34-45)39-15-5-2-6-16-39)46-35-31-42(32-36-46)48-20-11-21-50-49-19-9-10-24-54(49)61-58(48)50/h1-37H. The van der Waals surface area contributed by atoms with E-state index in [9.17, 15) is 0 Å². The first-order chi connectivity index (χ1) is 30.2. The van der Waals surface area contributed by atoms with Crippen molar-refractivity contribution >= 4 is 81.3 Å². The highest BCUT2D eigenvalue weighted by Crippen LogP contribution is 2.48. The zero-order valence-corrected chi connectivity index (χ0v) is 33.9. The number of thiophene rings is 1. The molecule has 286 valence electrons. The Morgan fingerprint density at radius 1 is 0.377 bits per heavy atom. The third-order valence-corrected chi connectivity index (χ3v) is 13.3. The van der Waals surface area contributed by atoms with Crippen LogP contribution in [0.3, 0.4) is 0 Å². The molecule has 0 unspecified atom stereocenters. The number of hydrogen-bond acceptors (Lipinski definition) is 3. The molecule has 2 heterocycles. The maximum absolute atomic E-state index is 7.02. The Balaban J connectivity index is 1.04. The highest BCUT2D eigenvalue weighted by molar-refractivity contribution is 7.26. The van der Waals surface area contributed by atoms with Crippen LogP contribution >= 0.6 is 11.3 Å². The molecule has 12 rings (SSSR count). The average Bonchev–Trinajstić information content (AvgIpc) is 3.91. The van der Waals surface area contributed by atoms with Crippen LogP contribution in [0.25, 0.3) is 97.4 Å². The summed E-state index contributed by atoms with van der Waals surface area (Å²) >= 11 is 1.87. The molecule has 0 spiro atoms. The van der Waals surface area contributed by atoms with Crippen molar-refractivity contribution in [1.29, 1.82) is 0 Å². The van der Waals surface area contributed by atoms with Crippen molar-refractivity contribution in [2.45, 2.75) is 0 Å². The van der Waals surface area contributed by atoms with Crippen molar-refractivity contribution in [3.63, 3.8) is 0 Å². The van der Waals surface area contributed by atoms with Gasteiger partial charge in [-0.2, -0.15) is 0 Å². The fourth-order valence-electron chi connectivity index (χ4n) is 9.16. The van der Waals surface area contributed by atoms with Crippen molar-refractivity contribution in [2.75, 3.05) is 4.90 Å². The number of hydrogen-bond donors (Lipinski definition) is 0. The van der Waals surface area contributed by atoms with Crippen LogP contribution in [0.5, 0.6) is 0 Å². The van der Waals surface area contributed by atoms with Crippen molar-refractivity contribution in [2.24, 2.45) is 0 Å². The molecular weight excluding hydrogens is 759 g/mol. The van der Waals surface area contributed by atoms with E-state index in [0.717, 1.165) is 50.1 Å². The fraction of sp³-hybridized carbons (Fsp3) is 0. The highest BCUT2D eigenvalue weighted by Gasteiger charge is 2.23. The van der Waals surface area contributed by atoms with Gasteiger partial charge in [0, 0.05) is 42.5 Å². The van der Waals surface area contributed by atoms with Gasteiger partial charge in [0.15, 0.2) is 0 Å². The summed E-state index contributed by atoms with van der Waals surface area (Å²) in [4.78, 5) is 2.39. The molecule has 0 fully saturated rings. The molecule has 0 radical (unpaired) electrons. The van der Waals surface area contributed by atoms with E-state index in [1.807, 2.05) is 11.3 Å². The van der Waals surface area contributed by atoms with Crippen LogP contribution in [-0.2, 0) is 0 Å². The predicted molar refractivity (Wildman–Crippen MR) is 261 cm³/mol. The molecule has 0 bridgehead atoms. The topological polar surface area (TPSA) is 16.4 Å². The summed E-state index contributed by atoms with van der Waals surface area (Å²) in [6, 6.07) is 80.9. The Morgan fingerprint density at radius 2 is 0.918 bits per heavy atom. The summed E-state index contributed by atoms with van der Waals surface area (Å²) in [5.41, 5.74) is 14.4. The minimum Gasteiger partial charge on any atom is -0.455 e. The van der Waals surface area contributed by atoms with E-state index < -0.39 is 0 Å². The van der Waals surface area contributed by atoms with Crippen molar-refractivity contribution < 1.29 is 4.42 Å². The quantitative estimate of drug-likeness (QED) is 0.160. The molecule has 0 aliphatic carbocycles. The normalized spacial score (nSPS) is 11.6. The van der Waals surface area contributed by atoms with Crippen LogP contribution in [-0.4, -0.2) is 0 Å². The zero-order chi connectivity index (χ0) is 40.3. The Bertz CT molecular complexity index is 3550. The summed E-state index contributed by atoms with van der Waals surface area (Å²) in [5.74, 6) is 0. The van der Waals surface area contributed by atoms with Crippen LogP contribution < -0.4 is 4.90 Å². The monoisotopic (exact) mass is 795 g/mol. The first-order valence-electron chi connectivity index (χ1n) is 20.7. The van der Waals surface area contributed by atoms with Gasteiger partial charge in [-0.25, -0.2) is 0 Å². The number of benzene rings is 10. The van der Waals surface area contributed by atoms with E-state index >= 15 is 0 Å². The SMILES string of the molecule is c1ccc(-c2ccc(-c3c4ccccc4cc4c3oc3cccc(N(c5ccc(-c6ccccc6)cc5)c5ccc(-c6cccc7c6sc6ccccc67)cc5)c34)cc2)cc1. The smallest absolute Gasteiger partial charge is 0.143 e. The molecule has 0 aliphatic rings. The Hall–Kier alpha value is -7.72. The Morgan fingerprint density at radius 3 is 1.62 bits per heavy atom. The molecule has 0 saturated heterocycles. The second kappa shape index (κ2) is 14.5.